The lowest BCUT2D eigenvalue weighted by molar-refractivity contribution is 0.0772. The minimum Gasteiger partial charge on any atom is -0.337 e. The molecule has 0 atom stereocenters. The van der Waals surface area contributed by atoms with Gasteiger partial charge in [0.05, 0.1) is 4.58 Å². The molecule has 0 radical (unpaired) electrons. The van der Waals surface area contributed by atoms with Crippen LogP contribution < -0.4 is 0 Å². The van der Waals surface area contributed by atoms with Crippen molar-refractivity contribution >= 4 is 41.2 Å². The van der Waals surface area contributed by atoms with Crippen molar-refractivity contribution in [2.24, 2.45) is 0 Å². The lowest BCUT2D eigenvalue weighted by Gasteiger charge is -2.26. The average Bonchev–Trinajstić information content (AvgIpc) is 2.56. The number of thioether (sulfide) groups is 3. The van der Waals surface area contributed by atoms with E-state index in [2.05, 4.69) is 12.1 Å². The van der Waals surface area contributed by atoms with Gasteiger partial charge >= 0.3 is 0 Å². The minimum atomic E-state index is 0.195. The molecule has 2 saturated heterocycles. The van der Waals surface area contributed by atoms with Crippen LogP contribution in [0.5, 0.6) is 0 Å². The molecule has 2 fully saturated rings. The van der Waals surface area contributed by atoms with Gasteiger partial charge in [0, 0.05) is 30.2 Å². The second-order valence-corrected chi connectivity index (χ2v) is 8.90. The maximum Gasteiger partial charge on any atom is 0.253 e. The predicted octanol–water partition coefficient (Wildman–Crippen LogP) is 3.74. The van der Waals surface area contributed by atoms with E-state index in [1.165, 1.54) is 23.5 Å². The normalized spacial score (nSPS) is 20.9. The third-order valence-corrected chi connectivity index (χ3v) is 7.51. The summed E-state index contributed by atoms with van der Waals surface area (Å²) in [6.07, 6.45) is 1.31. The van der Waals surface area contributed by atoms with Gasteiger partial charge in [-0.2, -0.15) is 11.8 Å². The molecule has 0 aliphatic carbocycles. The van der Waals surface area contributed by atoms with Crippen LogP contribution in [0, 0.1) is 0 Å². The van der Waals surface area contributed by atoms with Crippen molar-refractivity contribution in [2.75, 3.05) is 36.1 Å². The molecular formula is C15H19NOS3. The van der Waals surface area contributed by atoms with Gasteiger partial charge in [-0.05, 0) is 35.6 Å². The Morgan fingerprint density at radius 1 is 1.00 bits per heavy atom. The quantitative estimate of drug-likeness (QED) is 0.825. The number of carbonyl (C=O) groups is 1. The molecule has 0 aromatic heterocycles. The van der Waals surface area contributed by atoms with E-state index in [9.17, 15) is 4.79 Å². The Morgan fingerprint density at radius 2 is 1.65 bits per heavy atom. The Labute approximate surface area is 133 Å². The van der Waals surface area contributed by atoms with Crippen molar-refractivity contribution in [3.8, 4) is 0 Å². The molecule has 0 bridgehead atoms. The van der Waals surface area contributed by atoms with Gasteiger partial charge in [0.25, 0.3) is 5.91 Å². The van der Waals surface area contributed by atoms with Crippen molar-refractivity contribution in [1.82, 2.24) is 4.90 Å². The molecule has 0 unspecified atom stereocenters. The molecule has 0 N–H and O–H groups in total. The van der Waals surface area contributed by atoms with Gasteiger partial charge in [-0.1, -0.05) is 12.1 Å². The molecule has 0 saturated carbocycles. The molecular weight excluding hydrogens is 306 g/mol. The first-order chi connectivity index (χ1) is 9.84. The number of benzene rings is 1. The zero-order chi connectivity index (χ0) is 13.8. The first-order valence-electron chi connectivity index (χ1n) is 7.05. The van der Waals surface area contributed by atoms with Crippen molar-refractivity contribution in [3.63, 3.8) is 0 Å². The zero-order valence-electron chi connectivity index (χ0n) is 11.4. The summed E-state index contributed by atoms with van der Waals surface area (Å²) in [5, 5.41) is 0. The largest absolute Gasteiger partial charge is 0.337 e. The number of hydrogen-bond donors (Lipinski definition) is 0. The monoisotopic (exact) mass is 325 g/mol. The maximum atomic E-state index is 12.4. The highest BCUT2D eigenvalue weighted by atomic mass is 32.2. The van der Waals surface area contributed by atoms with Crippen molar-refractivity contribution in [2.45, 2.75) is 11.0 Å². The number of nitrogens with zero attached hydrogens (tertiary/aromatic N) is 1. The van der Waals surface area contributed by atoms with E-state index in [1.807, 2.05) is 52.3 Å². The van der Waals surface area contributed by atoms with Gasteiger partial charge in [0.15, 0.2) is 0 Å². The third-order valence-electron chi connectivity index (χ3n) is 3.56. The summed E-state index contributed by atoms with van der Waals surface area (Å²) < 4.78 is 0.555. The Balaban J connectivity index is 1.67. The number of amides is 1. The molecule has 2 nitrogen and oxygen atoms in total. The van der Waals surface area contributed by atoms with Gasteiger partial charge in [-0.15, -0.1) is 23.5 Å². The van der Waals surface area contributed by atoms with Crippen molar-refractivity contribution in [1.29, 1.82) is 0 Å². The standard InChI is InChI=1S/C15H19NOS3/c17-14(16-6-10-18-11-7-16)12-2-4-13(5-3-12)15-19-8-1-9-20-15/h2-5,15H,1,6-11H2. The van der Waals surface area contributed by atoms with Crippen LogP contribution in [0.3, 0.4) is 0 Å². The molecule has 20 heavy (non-hydrogen) atoms. The lowest BCUT2D eigenvalue weighted by atomic mass is 10.1. The summed E-state index contributed by atoms with van der Waals surface area (Å²) in [5.41, 5.74) is 2.19. The van der Waals surface area contributed by atoms with Crippen LogP contribution in [0.15, 0.2) is 24.3 Å². The van der Waals surface area contributed by atoms with E-state index in [0.717, 1.165) is 30.2 Å². The summed E-state index contributed by atoms with van der Waals surface area (Å²) in [5.74, 6) is 4.84. The topological polar surface area (TPSA) is 20.3 Å². The highest BCUT2D eigenvalue weighted by Crippen LogP contribution is 2.43. The number of hydrogen-bond acceptors (Lipinski definition) is 4. The number of rotatable bonds is 2. The van der Waals surface area contributed by atoms with E-state index >= 15 is 0 Å². The van der Waals surface area contributed by atoms with Crippen LogP contribution in [-0.4, -0.2) is 46.9 Å². The molecule has 1 aromatic carbocycles. The molecule has 5 heteroatoms. The first kappa shape index (κ1) is 14.7. The smallest absolute Gasteiger partial charge is 0.253 e. The van der Waals surface area contributed by atoms with Crippen molar-refractivity contribution < 1.29 is 4.79 Å². The summed E-state index contributed by atoms with van der Waals surface area (Å²) in [6.45, 7) is 1.78. The van der Waals surface area contributed by atoms with Crippen molar-refractivity contribution in [3.05, 3.63) is 35.4 Å². The highest BCUT2D eigenvalue weighted by Gasteiger charge is 2.20. The SMILES string of the molecule is O=C(c1ccc(C2SCCCS2)cc1)N1CCSCC1. The fourth-order valence-electron chi connectivity index (χ4n) is 2.41. The minimum absolute atomic E-state index is 0.195. The van der Waals surface area contributed by atoms with Gasteiger partial charge in [0.2, 0.25) is 0 Å². The lowest BCUT2D eigenvalue weighted by Crippen LogP contribution is -2.37. The first-order valence-corrected chi connectivity index (χ1v) is 10.3. The second kappa shape index (κ2) is 7.14. The molecule has 1 aromatic rings. The van der Waals surface area contributed by atoms with E-state index in [-0.39, 0.29) is 5.91 Å². The molecule has 2 heterocycles. The Morgan fingerprint density at radius 3 is 2.30 bits per heavy atom. The Kier molecular flexibility index (Phi) is 5.24. The molecule has 108 valence electrons. The predicted molar refractivity (Wildman–Crippen MR) is 91.9 cm³/mol. The van der Waals surface area contributed by atoms with Gasteiger partial charge in [-0.25, -0.2) is 0 Å². The van der Waals surface area contributed by atoms with E-state index in [4.69, 9.17) is 0 Å². The molecule has 0 spiro atoms. The third kappa shape index (κ3) is 3.49. The molecule has 3 rings (SSSR count). The van der Waals surface area contributed by atoms with Gasteiger partial charge < -0.3 is 4.90 Å². The molecule has 2 aliphatic rings. The van der Waals surface area contributed by atoms with Crippen LogP contribution in [-0.2, 0) is 0 Å². The second-order valence-electron chi connectivity index (χ2n) is 4.95. The summed E-state index contributed by atoms with van der Waals surface area (Å²) in [7, 11) is 0. The van der Waals surface area contributed by atoms with Crippen LogP contribution >= 0.6 is 35.3 Å². The molecule has 1 amide bonds. The zero-order valence-corrected chi connectivity index (χ0v) is 13.9. The average molecular weight is 326 g/mol. The van der Waals surface area contributed by atoms with Gasteiger partial charge in [-0.3, -0.25) is 4.79 Å². The van der Waals surface area contributed by atoms with E-state index in [0.29, 0.717) is 4.58 Å². The Hall–Kier alpha value is -0.260. The number of carbonyl (C=O) groups excluding carboxylic acids is 1. The summed E-state index contributed by atoms with van der Waals surface area (Å²) >= 11 is 5.98. The molecule has 2 aliphatic heterocycles. The van der Waals surface area contributed by atoms with E-state index < -0.39 is 0 Å². The van der Waals surface area contributed by atoms with Crippen LogP contribution in [0.1, 0.15) is 26.9 Å². The maximum absolute atomic E-state index is 12.4. The van der Waals surface area contributed by atoms with Crippen LogP contribution in [0.2, 0.25) is 0 Å². The summed E-state index contributed by atoms with van der Waals surface area (Å²) in [4.78, 5) is 14.4. The highest BCUT2D eigenvalue weighted by molar-refractivity contribution is 8.16. The van der Waals surface area contributed by atoms with Gasteiger partial charge in [0.1, 0.15) is 0 Å². The van der Waals surface area contributed by atoms with Crippen LogP contribution in [0.25, 0.3) is 0 Å². The fraction of sp³-hybridized carbons (Fsp3) is 0.533. The summed E-state index contributed by atoms with van der Waals surface area (Å²) in [6, 6.07) is 8.30. The Bertz CT molecular complexity index is 451. The fourth-order valence-corrected chi connectivity index (χ4v) is 6.21. The van der Waals surface area contributed by atoms with E-state index in [1.54, 1.807) is 0 Å². The van der Waals surface area contributed by atoms with Crippen LogP contribution in [0.4, 0.5) is 0 Å².